The van der Waals surface area contributed by atoms with Gasteiger partial charge in [-0.25, -0.2) is 0 Å². The maximum Gasteiger partial charge on any atom is 0.199 e. The fourth-order valence-electron chi connectivity index (χ4n) is 1.93. The highest BCUT2D eigenvalue weighted by Gasteiger charge is 2.07. The Kier molecular flexibility index (Phi) is 2.57. The minimum Gasteiger partial charge on any atom is -0.272 e. The molecule has 0 aliphatic heterocycles. The molecule has 3 aromatic rings. The van der Waals surface area contributed by atoms with Gasteiger partial charge in [0.2, 0.25) is 0 Å². The van der Waals surface area contributed by atoms with Gasteiger partial charge >= 0.3 is 0 Å². The van der Waals surface area contributed by atoms with Crippen molar-refractivity contribution in [3.8, 4) is 5.69 Å². The summed E-state index contributed by atoms with van der Waals surface area (Å²) in [6, 6.07) is 8.49. The highest BCUT2D eigenvalue weighted by Crippen LogP contribution is 2.24. The summed E-state index contributed by atoms with van der Waals surface area (Å²) < 4.78 is 3.94. The zero-order valence-electron chi connectivity index (χ0n) is 9.30. The van der Waals surface area contributed by atoms with Gasteiger partial charge in [0, 0.05) is 11.1 Å². The average Bonchev–Trinajstić information content (AvgIpc) is 2.93. The largest absolute Gasteiger partial charge is 0.272 e. The monoisotopic (exact) mass is 261 g/mol. The molecule has 0 radical (unpaired) electrons. The number of aromatic nitrogens is 3. The van der Waals surface area contributed by atoms with Crippen molar-refractivity contribution in [2.24, 2.45) is 0 Å². The van der Waals surface area contributed by atoms with Crippen LogP contribution in [-0.4, -0.2) is 14.8 Å². The Balaban J connectivity index is 2.26. The van der Waals surface area contributed by atoms with Gasteiger partial charge in [-0.1, -0.05) is 6.92 Å². The third-order valence-electron chi connectivity index (χ3n) is 2.75. The lowest BCUT2D eigenvalue weighted by molar-refractivity contribution is 0.881. The number of rotatable bonds is 2. The lowest BCUT2D eigenvalue weighted by Gasteiger charge is -2.05. The summed E-state index contributed by atoms with van der Waals surface area (Å²) in [5.74, 6) is 0.963. The van der Waals surface area contributed by atoms with Crippen LogP contribution in [0.4, 0.5) is 0 Å². The highest BCUT2D eigenvalue weighted by molar-refractivity contribution is 7.71. The van der Waals surface area contributed by atoms with Gasteiger partial charge in [-0.05, 0) is 47.2 Å². The van der Waals surface area contributed by atoms with Crippen molar-refractivity contribution in [2.75, 3.05) is 0 Å². The number of fused-ring (bicyclic) bond motifs is 1. The number of aromatic amines is 1. The van der Waals surface area contributed by atoms with E-state index in [1.807, 2.05) is 4.57 Å². The highest BCUT2D eigenvalue weighted by atomic mass is 32.1. The second-order valence-electron chi connectivity index (χ2n) is 3.78. The molecule has 0 saturated heterocycles. The Bertz CT molecular complexity index is 721. The van der Waals surface area contributed by atoms with Crippen LogP contribution in [0.3, 0.4) is 0 Å². The van der Waals surface area contributed by atoms with E-state index in [-0.39, 0.29) is 0 Å². The van der Waals surface area contributed by atoms with E-state index in [4.69, 9.17) is 12.2 Å². The molecule has 86 valence electrons. The van der Waals surface area contributed by atoms with Gasteiger partial charge in [0.15, 0.2) is 4.77 Å². The van der Waals surface area contributed by atoms with Crippen molar-refractivity contribution in [2.45, 2.75) is 13.3 Å². The average molecular weight is 261 g/mol. The predicted octanol–water partition coefficient (Wildman–Crippen LogP) is 3.71. The van der Waals surface area contributed by atoms with E-state index >= 15 is 0 Å². The molecular weight excluding hydrogens is 250 g/mol. The third kappa shape index (κ3) is 1.71. The number of nitrogens with zero attached hydrogens (tertiary/aromatic N) is 2. The van der Waals surface area contributed by atoms with Crippen LogP contribution in [0.2, 0.25) is 0 Å². The molecule has 0 unspecified atom stereocenters. The molecule has 0 atom stereocenters. The molecule has 2 heterocycles. The summed E-state index contributed by atoms with van der Waals surface area (Å²) >= 11 is 7.02. The van der Waals surface area contributed by atoms with E-state index in [2.05, 4.69) is 46.8 Å². The normalized spacial score (nSPS) is 11.1. The third-order valence-corrected chi connectivity index (χ3v) is 3.92. The molecule has 1 aromatic carbocycles. The molecule has 17 heavy (non-hydrogen) atoms. The van der Waals surface area contributed by atoms with E-state index in [0.717, 1.165) is 17.9 Å². The smallest absolute Gasteiger partial charge is 0.199 e. The van der Waals surface area contributed by atoms with Gasteiger partial charge in [0.1, 0.15) is 5.82 Å². The Morgan fingerprint density at radius 1 is 1.41 bits per heavy atom. The summed E-state index contributed by atoms with van der Waals surface area (Å²) in [4.78, 5) is 0. The fraction of sp³-hybridized carbons (Fsp3) is 0.167. The van der Waals surface area contributed by atoms with E-state index in [1.54, 1.807) is 11.3 Å². The second kappa shape index (κ2) is 4.09. The minimum absolute atomic E-state index is 0.649. The summed E-state index contributed by atoms with van der Waals surface area (Å²) in [5.41, 5.74) is 1.08. The first-order valence-corrected chi connectivity index (χ1v) is 6.72. The second-order valence-corrected chi connectivity index (χ2v) is 5.11. The molecule has 5 heteroatoms. The van der Waals surface area contributed by atoms with Crippen LogP contribution in [0.15, 0.2) is 29.6 Å². The predicted molar refractivity (Wildman–Crippen MR) is 73.5 cm³/mol. The van der Waals surface area contributed by atoms with Crippen molar-refractivity contribution in [1.29, 1.82) is 0 Å². The molecule has 0 aliphatic carbocycles. The van der Waals surface area contributed by atoms with Crippen molar-refractivity contribution < 1.29 is 0 Å². The molecule has 0 bridgehead atoms. The molecule has 2 aromatic heterocycles. The topological polar surface area (TPSA) is 33.6 Å². The summed E-state index contributed by atoms with van der Waals surface area (Å²) in [6.45, 7) is 2.07. The number of thiophene rings is 1. The minimum atomic E-state index is 0.649. The van der Waals surface area contributed by atoms with Crippen LogP contribution in [0.1, 0.15) is 12.7 Å². The number of aryl methyl sites for hydroxylation is 1. The lowest BCUT2D eigenvalue weighted by atomic mass is 10.2. The molecule has 0 amide bonds. The van der Waals surface area contributed by atoms with E-state index in [1.165, 1.54) is 10.1 Å². The van der Waals surface area contributed by atoms with Crippen LogP contribution < -0.4 is 0 Å². The molecule has 0 aliphatic rings. The van der Waals surface area contributed by atoms with Crippen molar-refractivity contribution >= 4 is 33.6 Å². The zero-order valence-corrected chi connectivity index (χ0v) is 10.9. The van der Waals surface area contributed by atoms with E-state index < -0.39 is 0 Å². The molecule has 0 fully saturated rings. The molecule has 3 nitrogen and oxygen atoms in total. The van der Waals surface area contributed by atoms with Crippen LogP contribution in [0.5, 0.6) is 0 Å². The summed E-state index contributed by atoms with van der Waals surface area (Å²) in [6.07, 6.45) is 0.856. The molecule has 1 N–H and O–H groups in total. The number of benzene rings is 1. The molecular formula is C12H11N3S2. The Morgan fingerprint density at radius 2 is 2.29 bits per heavy atom. The van der Waals surface area contributed by atoms with Gasteiger partial charge < -0.3 is 0 Å². The quantitative estimate of drug-likeness (QED) is 0.713. The van der Waals surface area contributed by atoms with Crippen molar-refractivity contribution in [3.63, 3.8) is 0 Å². The lowest BCUT2D eigenvalue weighted by Crippen LogP contribution is -1.99. The van der Waals surface area contributed by atoms with Crippen LogP contribution in [0.25, 0.3) is 15.8 Å². The number of hydrogen-bond acceptors (Lipinski definition) is 3. The van der Waals surface area contributed by atoms with E-state index in [0.29, 0.717) is 4.77 Å². The number of nitrogens with one attached hydrogen (secondary N) is 1. The zero-order chi connectivity index (χ0) is 11.8. The number of H-pyrrole nitrogens is 1. The van der Waals surface area contributed by atoms with Crippen LogP contribution >= 0.6 is 23.6 Å². The van der Waals surface area contributed by atoms with Crippen molar-refractivity contribution in [3.05, 3.63) is 40.2 Å². The van der Waals surface area contributed by atoms with E-state index in [9.17, 15) is 0 Å². The van der Waals surface area contributed by atoms with Gasteiger partial charge in [0.25, 0.3) is 0 Å². The van der Waals surface area contributed by atoms with Crippen molar-refractivity contribution in [1.82, 2.24) is 14.8 Å². The maximum atomic E-state index is 5.27. The Labute approximate surface area is 108 Å². The molecule has 3 rings (SSSR count). The van der Waals surface area contributed by atoms with Gasteiger partial charge in [0.05, 0.1) is 5.69 Å². The fourth-order valence-corrected chi connectivity index (χ4v) is 2.95. The van der Waals surface area contributed by atoms with Gasteiger partial charge in [-0.3, -0.25) is 9.67 Å². The molecule has 0 saturated carbocycles. The SMILES string of the molecule is CCc1n[nH]c(=S)n1-c1ccc2sccc2c1. The standard InChI is InChI=1S/C12H11N3S2/c1-2-11-13-14-12(16)15(11)9-3-4-10-8(7-9)5-6-17-10/h3-7H,2H2,1H3,(H,14,16). The first-order valence-electron chi connectivity index (χ1n) is 5.43. The van der Waals surface area contributed by atoms with Gasteiger partial charge in [-0.15, -0.1) is 11.3 Å². The van der Waals surface area contributed by atoms with Crippen LogP contribution in [-0.2, 0) is 6.42 Å². The molecule has 0 spiro atoms. The summed E-state index contributed by atoms with van der Waals surface area (Å²) in [5, 5.41) is 10.4. The summed E-state index contributed by atoms with van der Waals surface area (Å²) in [7, 11) is 0. The Hall–Kier alpha value is -1.46. The first kappa shape index (κ1) is 10.7. The maximum absolute atomic E-state index is 5.27. The first-order chi connectivity index (χ1) is 8.29. The van der Waals surface area contributed by atoms with Crippen LogP contribution in [0, 0.1) is 4.77 Å². The number of hydrogen-bond donors (Lipinski definition) is 1. The Morgan fingerprint density at radius 3 is 3.12 bits per heavy atom. The van der Waals surface area contributed by atoms with Gasteiger partial charge in [-0.2, -0.15) is 5.10 Å².